The summed E-state index contributed by atoms with van der Waals surface area (Å²) in [4.78, 5) is 11.9. The van der Waals surface area contributed by atoms with Crippen molar-refractivity contribution in [2.75, 3.05) is 0 Å². The van der Waals surface area contributed by atoms with Gasteiger partial charge in [-0.05, 0) is 24.3 Å². The van der Waals surface area contributed by atoms with Crippen LogP contribution >= 0.6 is 22.9 Å². The van der Waals surface area contributed by atoms with Gasteiger partial charge in [-0.25, -0.2) is 0 Å². The summed E-state index contributed by atoms with van der Waals surface area (Å²) in [7, 11) is 0. The Morgan fingerprint density at radius 1 is 1.62 bits per heavy atom. The minimum Gasteiger partial charge on any atom is -0.481 e. The molecular formula is C9H9ClO2S. The number of carbonyl (C=O) groups is 1. The van der Waals surface area contributed by atoms with Crippen molar-refractivity contribution in [3.8, 4) is 0 Å². The number of hydrogen-bond acceptors (Lipinski definition) is 2. The van der Waals surface area contributed by atoms with Crippen molar-refractivity contribution < 1.29 is 9.90 Å². The summed E-state index contributed by atoms with van der Waals surface area (Å²) in [5.74, 6) is -0.733. The van der Waals surface area contributed by atoms with Crippen molar-refractivity contribution in [2.24, 2.45) is 0 Å². The first-order valence-electron chi connectivity index (χ1n) is 4.14. The summed E-state index contributed by atoms with van der Waals surface area (Å²) < 4.78 is 0. The van der Waals surface area contributed by atoms with Crippen LogP contribution in [0.1, 0.15) is 24.1 Å². The molecule has 0 aromatic carbocycles. The number of hydrogen-bond donors (Lipinski definition) is 1. The molecule has 1 saturated carbocycles. The minimum absolute atomic E-state index is 0.604. The molecule has 0 bridgehead atoms. The number of carboxylic acids is 1. The van der Waals surface area contributed by atoms with E-state index in [4.69, 9.17) is 16.7 Å². The van der Waals surface area contributed by atoms with E-state index >= 15 is 0 Å². The quantitative estimate of drug-likeness (QED) is 0.826. The van der Waals surface area contributed by atoms with E-state index in [1.807, 2.05) is 5.38 Å². The van der Waals surface area contributed by atoms with E-state index in [-0.39, 0.29) is 0 Å². The second-order valence-electron chi connectivity index (χ2n) is 3.34. The first-order chi connectivity index (χ1) is 6.17. The third-order valence-electron chi connectivity index (χ3n) is 2.67. The van der Waals surface area contributed by atoms with Crippen LogP contribution in [0.3, 0.4) is 0 Å². The van der Waals surface area contributed by atoms with Gasteiger partial charge in [-0.1, -0.05) is 18.0 Å². The summed E-state index contributed by atoms with van der Waals surface area (Å²) in [6.07, 6.45) is 2.44. The Kier molecular flexibility index (Phi) is 2.08. The maximum absolute atomic E-state index is 11.1. The Balaban J connectivity index is 2.43. The molecule has 4 heteroatoms. The largest absolute Gasteiger partial charge is 0.481 e. The molecule has 0 saturated heterocycles. The van der Waals surface area contributed by atoms with Gasteiger partial charge < -0.3 is 5.11 Å². The zero-order valence-electron chi connectivity index (χ0n) is 6.92. The molecule has 1 fully saturated rings. The Labute approximate surface area is 85.1 Å². The lowest BCUT2D eigenvalue weighted by atomic mass is 9.68. The zero-order chi connectivity index (χ0) is 9.47. The predicted octanol–water partition coefficient (Wildman–Crippen LogP) is 2.91. The average molecular weight is 217 g/mol. The predicted molar refractivity (Wildman–Crippen MR) is 52.5 cm³/mol. The van der Waals surface area contributed by atoms with Crippen molar-refractivity contribution in [3.63, 3.8) is 0 Å². The number of halogens is 1. The molecule has 13 heavy (non-hydrogen) atoms. The summed E-state index contributed by atoms with van der Waals surface area (Å²) in [6.45, 7) is 0. The zero-order valence-corrected chi connectivity index (χ0v) is 8.49. The highest BCUT2D eigenvalue weighted by Crippen LogP contribution is 2.48. The van der Waals surface area contributed by atoms with Crippen LogP contribution in [0.5, 0.6) is 0 Å². The molecule has 1 aliphatic rings. The van der Waals surface area contributed by atoms with E-state index in [2.05, 4.69) is 0 Å². The Morgan fingerprint density at radius 3 is 2.62 bits per heavy atom. The molecule has 1 aliphatic carbocycles. The third-order valence-corrected chi connectivity index (χ3v) is 4.21. The average Bonchev–Trinajstić information content (AvgIpc) is 2.34. The van der Waals surface area contributed by atoms with Crippen molar-refractivity contribution >= 4 is 28.9 Å². The van der Waals surface area contributed by atoms with Gasteiger partial charge in [0.1, 0.15) is 5.41 Å². The van der Waals surface area contributed by atoms with Crippen LogP contribution in [0.15, 0.2) is 11.4 Å². The SMILES string of the molecule is O=C(O)C1(c2sccc2Cl)CCC1. The standard InChI is InChI=1S/C9H9ClO2S/c10-6-2-5-13-7(6)9(8(11)12)3-1-4-9/h2,5H,1,3-4H2,(H,11,12). The lowest BCUT2D eigenvalue weighted by Crippen LogP contribution is -2.41. The van der Waals surface area contributed by atoms with Gasteiger partial charge >= 0.3 is 5.97 Å². The topological polar surface area (TPSA) is 37.3 Å². The van der Waals surface area contributed by atoms with E-state index in [0.29, 0.717) is 5.02 Å². The van der Waals surface area contributed by atoms with Crippen LogP contribution in [0, 0.1) is 0 Å². The molecule has 0 amide bonds. The summed E-state index contributed by atoms with van der Waals surface area (Å²) in [6, 6.07) is 1.77. The Hall–Kier alpha value is -0.540. The second kappa shape index (κ2) is 3.00. The maximum Gasteiger partial charge on any atom is 0.315 e. The first-order valence-corrected chi connectivity index (χ1v) is 5.39. The lowest BCUT2D eigenvalue weighted by Gasteiger charge is -2.37. The highest BCUT2D eigenvalue weighted by atomic mass is 35.5. The van der Waals surface area contributed by atoms with Crippen LogP contribution < -0.4 is 0 Å². The highest BCUT2D eigenvalue weighted by Gasteiger charge is 2.47. The molecule has 0 spiro atoms. The molecular weight excluding hydrogens is 208 g/mol. The van der Waals surface area contributed by atoms with E-state index < -0.39 is 11.4 Å². The molecule has 2 nitrogen and oxygen atoms in total. The summed E-state index contributed by atoms with van der Waals surface area (Å²) in [5.41, 5.74) is -0.661. The minimum atomic E-state index is -0.733. The van der Waals surface area contributed by atoms with E-state index in [1.54, 1.807) is 6.07 Å². The van der Waals surface area contributed by atoms with Gasteiger partial charge in [0, 0.05) is 4.88 Å². The summed E-state index contributed by atoms with van der Waals surface area (Å²) >= 11 is 7.38. The highest BCUT2D eigenvalue weighted by molar-refractivity contribution is 7.10. The Bertz CT molecular complexity index is 341. The van der Waals surface area contributed by atoms with E-state index in [0.717, 1.165) is 24.1 Å². The number of aliphatic carboxylic acids is 1. The number of rotatable bonds is 2. The third kappa shape index (κ3) is 1.18. The molecule has 0 aliphatic heterocycles. The molecule has 1 N–H and O–H groups in total. The molecule has 1 aromatic heterocycles. The fourth-order valence-corrected chi connectivity index (χ4v) is 3.19. The smallest absolute Gasteiger partial charge is 0.315 e. The van der Waals surface area contributed by atoms with Gasteiger partial charge in [0.05, 0.1) is 5.02 Å². The van der Waals surface area contributed by atoms with Gasteiger partial charge in [0.25, 0.3) is 0 Å². The maximum atomic E-state index is 11.1. The number of thiophene rings is 1. The molecule has 70 valence electrons. The second-order valence-corrected chi connectivity index (χ2v) is 4.66. The van der Waals surface area contributed by atoms with Crippen molar-refractivity contribution in [1.82, 2.24) is 0 Å². The molecule has 0 radical (unpaired) electrons. The molecule has 1 aromatic rings. The van der Waals surface area contributed by atoms with Crippen LogP contribution in [-0.2, 0) is 10.2 Å². The number of carboxylic acid groups (broad SMARTS) is 1. The van der Waals surface area contributed by atoms with Gasteiger partial charge in [0.15, 0.2) is 0 Å². The Morgan fingerprint density at radius 2 is 2.31 bits per heavy atom. The van der Waals surface area contributed by atoms with Crippen LogP contribution in [0.2, 0.25) is 5.02 Å². The van der Waals surface area contributed by atoms with Crippen LogP contribution in [-0.4, -0.2) is 11.1 Å². The summed E-state index contributed by atoms with van der Waals surface area (Å²) in [5, 5.41) is 11.6. The monoisotopic (exact) mass is 216 g/mol. The van der Waals surface area contributed by atoms with Gasteiger partial charge in [-0.15, -0.1) is 11.3 Å². The fourth-order valence-electron chi connectivity index (χ4n) is 1.70. The van der Waals surface area contributed by atoms with Crippen molar-refractivity contribution in [2.45, 2.75) is 24.7 Å². The van der Waals surface area contributed by atoms with Gasteiger partial charge in [0.2, 0.25) is 0 Å². The normalized spacial score (nSPS) is 19.5. The van der Waals surface area contributed by atoms with Crippen LogP contribution in [0.4, 0.5) is 0 Å². The van der Waals surface area contributed by atoms with Crippen LogP contribution in [0.25, 0.3) is 0 Å². The lowest BCUT2D eigenvalue weighted by molar-refractivity contribution is -0.147. The van der Waals surface area contributed by atoms with E-state index in [9.17, 15) is 4.79 Å². The van der Waals surface area contributed by atoms with Crippen molar-refractivity contribution in [1.29, 1.82) is 0 Å². The molecule has 2 rings (SSSR count). The van der Waals surface area contributed by atoms with Gasteiger partial charge in [-0.3, -0.25) is 4.79 Å². The van der Waals surface area contributed by atoms with Crippen molar-refractivity contribution in [3.05, 3.63) is 21.3 Å². The van der Waals surface area contributed by atoms with Gasteiger partial charge in [-0.2, -0.15) is 0 Å². The first kappa shape index (κ1) is 9.03. The fraction of sp³-hybridized carbons (Fsp3) is 0.444. The molecule has 1 heterocycles. The van der Waals surface area contributed by atoms with E-state index in [1.165, 1.54) is 11.3 Å². The molecule has 0 atom stereocenters. The molecule has 0 unspecified atom stereocenters.